The maximum absolute atomic E-state index is 13.8. The topological polar surface area (TPSA) is 171 Å². The van der Waals surface area contributed by atoms with Gasteiger partial charge in [-0.15, -0.1) is 21.5 Å². The van der Waals surface area contributed by atoms with Crippen LogP contribution in [0.15, 0.2) is 59.1 Å². The summed E-state index contributed by atoms with van der Waals surface area (Å²) < 4.78 is 111. The molecule has 0 aliphatic rings. The van der Waals surface area contributed by atoms with Crippen molar-refractivity contribution in [2.24, 2.45) is 5.14 Å². The molecule has 2 aromatic carbocycles. The third-order valence-corrected chi connectivity index (χ3v) is 8.81. The molecule has 0 saturated heterocycles. The standard InChI is InChI=1S/C24H18F4N6O5S3/c1-41(35,36)21(22-34-33-20(39-22)11-31-42(29,37)38)15-5-4-14(24(26,27)28)9-16(15)23-32-17-6-2-12(8-18(17)40-23)13-3-7-19(25)30-10-13/h2-10,21,31H,11H2,1H3,(H2,29,37,38). The molecule has 3 aromatic heterocycles. The van der Waals surface area contributed by atoms with Crippen molar-refractivity contribution in [3.05, 3.63) is 83.6 Å². The Morgan fingerprint density at radius 2 is 1.76 bits per heavy atom. The van der Waals surface area contributed by atoms with Crippen LogP contribution in [0.3, 0.4) is 0 Å². The van der Waals surface area contributed by atoms with Crippen LogP contribution in [0.1, 0.15) is 28.2 Å². The van der Waals surface area contributed by atoms with Crippen molar-refractivity contribution in [3.63, 3.8) is 0 Å². The summed E-state index contributed by atoms with van der Waals surface area (Å²) in [6, 6.07) is 10.2. The molecule has 0 spiro atoms. The van der Waals surface area contributed by atoms with E-state index >= 15 is 0 Å². The molecule has 0 aliphatic carbocycles. The van der Waals surface area contributed by atoms with E-state index in [1.807, 2.05) is 4.72 Å². The van der Waals surface area contributed by atoms with E-state index in [2.05, 4.69) is 20.2 Å². The number of nitrogens with one attached hydrogen (secondary N) is 1. The summed E-state index contributed by atoms with van der Waals surface area (Å²) in [6.07, 6.45) is -2.59. The molecule has 0 saturated carbocycles. The van der Waals surface area contributed by atoms with Crippen molar-refractivity contribution in [3.8, 4) is 21.7 Å². The number of rotatable bonds is 8. The second-order valence-corrected chi connectivity index (χ2v) is 13.5. The van der Waals surface area contributed by atoms with Gasteiger partial charge in [-0.3, -0.25) is 0 Å². The van der Waals surface area contributed by atoms with Crippen molar-refractivity contribution in [2.75, 3.05) is 6.26 Å². The van der Waals surface area contributed by atoms with Crippen molar-refractivity contribution < 1.29 is 38.8 Å². The second-order valence-electron chi connectivity index (χ2n) is 8.98. The van der Waals surface area contributed by atoms with Gasteiger partial charge in [-0.05, 0) is 47.5 Å². The highest BCUT2D eigenvalue weighted by atomic mass is 32.2. The SMILES string of the molecule is CS(=O)(=O)C(c1nnc(CNS(N)(=O)=O)o1)c1ccc(C(F)(F)F)cc1-c1nc2ccc(-c3ccc(F)nc3)cc2s1. The molecule has 0 bridgehead atoms. The van der Waals surface area contributed by atoms with Crippen molar-refractivity contribution in [2.45, 2.75) is 18.0 Å². The van der Waals surface area contributed by atoms with E-state index in [1.165, 1.54) is 18.3 Å². The zero-order valence-corrected chi connectivity index (χ0v) is 23.6. The fourth-order valence-electron chi connectivity index (χ4n) is 4.07. The lowest BCUT2D eigenvalue weighted by Crippen LogP contribution is -2.30. The van der Waals surface area contributed by atoms with Crippen LogP contribution in [0.2, 0.25) is 0 Å². The summed E-state index contributed by atoms with van der Waals surface area (Å²) in [5.74, 6) is -1.49. The lowest BCUT2D eigenvalue weighted by atomic mass is 10.0. The number of benzene rings is 2. The molecule has 1 atom stereocenters. The summed E-state index contributed by atoms with van der Waals surface area (Å²) in [5, 5.41) is 10.6. The predicted molar refractivity (Wildman–Crippen MR) is 144 cm³/mol. The smallest absolute Gasteiger partial charge is 0.416 e. The van der Waals surface area contributed by atoms with Gasteiger partial charge in [0.25, 0.3) is 10.2 Å². The second kappa shape index (κ2) is 10.8. The summed E-state index contributed by atoms with van der Waals surface area (Å²) in [7, 11) is -8.30. The lowest BCUT2D eigenvalue weighted by Gasteiger charge is -2.17. The molecule has 0 fully saturated rings. The number of halogens is 4. The van der Waals surface area contributed by atoms with Crippen molar-refractivity contribution in [1.29, 1.82) is 0 Å². The number of pyridine rings is 1. The Labute approximate surface area is 239 Å². The van der Waals surface area contributed by atoms with Crippen LogP contribution in [0.4, 0.5) is 17.6 Å². The highest BCUT2D eigenvalue weighted by molar-refractivity contribution is 7.91. The van der Waals surface area contributed by atoms with Crippen LogP contribution in [-0.4, -0.2) is 43.3 Å². The molecule has 0 radical (unpaired) electrons. The van der Waals surface area contributed by atoms with E-state index in [1.54, 1.807) is 18.2 Å². The van der Waals surface area contributed by atoms with Crippen LogP contribution in [-0.2, 0) is 32.8 Å². The minimum absolute atomic E-state index is 0.0739. The number of hydrogen-bond donors (Lipinski definition) is 2. The third-order valence-electron chi connectivity index (χ3n) is 5.90. The van der Waals surface area contributed by atoms with Gasteiger partial charge in [-0.1, -0.05) is 12.1 Å². The van der Waals surface area contributed by atoms with Gasteiger partial charge in [0.15, 0.2) is 15.1 Å². The average Bonchev–Trinajstić information content (AvgIpc) is 3.53. The molecule has 220 valence electrons. The third kappa shape index (κ3) is 6.46. The van der Waals surface area contributed by atoms with Gasteiger partial charge < -0.3 is 4.42 Å². The molecule has 18 heteroatoms. The number of fused-ring (bicyclic) bond motifs is 1. The maximum Gasteiger partial charge on any atom is 0.416 e. The van der Waals surface area contributed by atoms with Gasteiger partial charge in [0.05, 0.1) is 22.3 Å². The lowest BCUT2D eigenvalue weighted by molar-refractivity contribution is -0.137. The molecule has 0 amide bonds. The van der Waals surface area contributed by atoms with Crippen LogP contribution < -0.4 is 9.86 Å². The number of hydrogen-bond acceptors (Lipinski definition) is 10. The zero-order chi connectivity index (χ0) is 30.4. The minimum Gasteiger partial charge on any atom is -0.422 e. The van der Waals surface area contributed by atoms with Gasteiger partial charge in [0, 0.05) is 23.6 Å². The van der Waals surface area contributed by atoms with Gasteiger partial charge in [0.2, 0.25) is 17.7 Å². The molecule has 5 aromatic rings. The van der Waals surface area contributed by atoms with E-state index in [4.69, 9.17) is 9.56 Å². The molecule has 3 heterocycles. The number of nitrogens with zero attached hydrogens (tertiary/aromatic N) is 4. The van der Waals surface area contributed by atoms with E-state index < -0.39 is 55.4 Å². The largest absolute Gasteiger partial charge is 0.422 e. The van der Waals surface area contributed by atoms with Crippen LogP contribution in [0, 0.1) is 5.95 Å². The Morgan fingerprint density at radius 3 is 2.40 bits per heavy atom. The summed E-state index contributed by atoms with van der Waals surface area (Å²) in [6.45, 7) is -0.550. The van der Waals surface area contributed by atoms with Gasteiger partial charge in [-0.2, -0.15) is 30.7 Å². The maximum atomic E-state index is 13.8. The van der Waals surface area contributed by atoms with Gasteiger partial charge in [0.1, 0.15) is 5.01 Å². The number of thiazole rings is 1. The Kier molecular flexibility index (Phi) is 7.60. The number of sulfone groups is 1. The zero-order valence-electron chi connectivity index (χ0n) is 21.1. The monoisotopic (exact) mass is 642 g/mol. The Morgan fingerprint density at radius 1 is 1.02 bits per heavy atom. The average molecular weight is 643 g/mol. The first kappa shape index (κ1) is 29.6. The first-order chi connectivity index (χ1) is 19.6. The van der Waals surface area contributed by atoms with Crippen LogP contribution in [0.5, 0.6) is 0 Å². The van der Waals surface area contributed by atoms with E-state index in [9.17, 15) is 34.4 Å². The van der Waals surface area contributed by atoms with E-state index in [0.717, 1.165) is 35.8 Å². The van der Waals surface area contributed by atoms with E-state index in [0.29, 0.717) is 21.3 Å². The minimum atomic E-state index is -4.76. The Hall–Kier alpha value is -3.84. The molecule has 5 rings (SSSR count). The summed E-state index contributed by atoms with van der Waals surface area (Å²) in [5.41, 5.74) is 0.344. The quantitative estimate of drug-likeness (QED) is 0.188. The van der Waals surface area contributed by atoms with Crippen molar-refractivity contribution in [1.82, 2.24) is 24.9 Å². The highest BCUT2D eigenvalue weighted by Crippen LogP contribution is 2.42. The molecule has 42 heavy (non-hydrogen) atoms. The first-order valence-corrected chi connectivity index (χ1v) is 15.9. The number of nitrogens with two attached hydrogens (primary N) is 1. The van der Waals surface area contributed by atoms with Gasteiger partial charge >= 0.3 is 6.18 Å². The van der Waals surface area contributed by atoms with Crippen LogP contribution in [0.25, 0.3) is 31.9 Å². The van der Waals surface area contributed by atoms with Gasteiger partial charge in [-0.25, -0.2) is 23.5 Å². The molecular weight excluding hydrogens is 624 g/mol. The summed E-state index contributed by atoms with van der Waals surface area (Å²) in [4.78, 5) is 8.09. The molecule has 3 N–H and O–H groups in total. The fraction of sp³-hybridized carbons (Fsp3) is 0.167. The first-order valence-electron chi connectivity index (χ1n) is 11.6. The summed E-state index contributed by atoms with van der Waals surface area (Å²) >= 11 is 1.01. The predicted octanol–water partition coefficient (Wildman–Crippen LogP) is 3.99. The molecular formula is C24H18F4N6O5S3. The fourth-order valence-corrected chi connectivity index (χ4v) is 6.56. The van der Waals surface area contributed by atoms with Crippen LogP contribution >= 0.6 is 11.3 Å². The Bertz CT molecular complexity index is 2010. The number of alkyl halides is 3. The number of aromatic nitrogens is 4. The highest BCUT2D eigenvalue weighted by Gasteiger charge is 2.37. The van der Waals surface area contributed by atoms with Crippen molar-refractivity contribution >= 4 is 41.6 Å². The van der Waals surface area contributed by atoms with E-state index in [-0.39, 0.29) is 22.0 Å². The normalized spacial score (nSPS) is 13.5. The molecule has 1 unspecified atom stereocenters. The molecule has 0 aliphatic heterocycles. The molecule has 11 nitrogen and oxygen atoms in total. The Balaban J connectivity index is 1.65.